The average molecular weight is 360 g/mol. The highest BCUT2D eigenvalue weighted by atomic mass is 16.5. The number of nitrogens with zero attached hydrogens (tertiary/aromatic N) is 2. The Morgan fingerprint density at radius 3 is 2.74 bits per heavy atom. The first-order valence-electron chi connectivity index (χ1n) is 8.78. The summed E-state index contributed by atoms with van der Waals surface area (Å²) in [6.45, 7) is 2.24. The Balaban J connectivity index is 1.42. The molecule has 0 unspecified atom stereocenters. The van der Waals surface area contributed by atoms with Gasteiger partial charge in [0.15, 0.2) is 0 Å². The van der Waals surface area contributed by atoms with Crippen molar-refractivity contribution in [3.8, 4) is 5.75 Å². The van der Waals surface area contributed by atoms with Crippen LogP contribution in [0.4, 0.5) is 0 Å². The third kappa shape index (κ3) is 3.62. The fourth-order valence-corrected chi connectivity index (χ4v) is 3.14. The first kappa shape index (κ1) is 17.1. The molecule has 2 heterocycles. The van der Waals surface area contributed by atoms with E-state index in [0.29, 0.717) is 5.69 Å². The van der Waals surface area contributed by atoms with Crippen molar-refractivity contribution in [3.05, 3.63) is 77.7 Å². The van der Waals surface area contributed by atoms with Crippen LogP contribution < -0.4 is 4.74 Å². The molecule has 136 valence electrons. The van der Waals surface area contributed by atoms with Crippen LogP contribution in [0.5, 0.6) is 5.75 Å². The maximum Gasteiger partial charge on any atom is 0.312 e. The molecule has 0 saturated heterocycles. The number of hydrogen-bond donors (Lipinski definition) is 0. The monoisotopic (exact) mass is 360 g/mol. The van der Waals surface area contributed by atoms with E-state index in [0.717, 1.165) is 33.3 Å². The molecule has 4 aromatic rings. The summed E-state index contributed by atoms with van der Waals surface area (Å²) in [5.74, 6) is 0.537. The molecule has 0 aliphatic rings. The van der Waals surface area contributed by atoms with Crippen LogP contribution in [0.1, 0.15) is 16.8 Å². The highest BCUT2D eigenvalue weighted by Gasteiger charge is 2.10. The van der Waals surface area contributed by atoms with Crippen LogP contribution in [0.3, 0.4) is 0 Å². The molecule has 27 heavy (non-hydrogen) atoms. The van der Waals surface area contributed by atoms with Gasteiger partial charge >= 0.3 is 5.97 Å². The molecule has 0 aliphatic heterocycles. The highest BCUT2D eigenvalue weighted by Crippen LogP contribution is 2.22. The molecule has 0 bridgehead atoms. The summed E-state index contributed by atoms with van der Waals surface area (Å²) in [5.41, 5.74) is 3.60. The summed E-state index contributed by atoms with van der Waals surface area (Å²) < 4.78 is 12.6. The number of aryl methyl sites for hydroxylation is 1. The zero-order chi connectivity index (χ0) is 18.8. The van der Waals surface area contributed by atoms with E-state index < -0.39 is 0 Å². The van der Waals surface area contributed by atoms with E-state index in [1.54, 1.807) is 7.11 Å². The maximum absolute atomic E-state index is 12.2. The van der Waals surface area contributed by atoms with Gasteiger partial charge in [0.05, 0.1) is 19.2 Å². The van der Waals surface area contributed by atoms with E-state index in [2.05, 4.69) is 4.98 Å². The van der Waals surface area contributed by atoms with Gasteiger partial charge in [0.1, 0.15) is 18.0 Å². The summed E-state index contributed by atoms with van der Waals surface area (Å²) in [7, 11) is 1.65. The predicted octanol–water partition coefficient (Wildman–Crippen LogP) is 4.09. The van der Waals surface area contributed by atoms with Crippen molar-refractivity contribution in [1.82, 2.24) is 9.38 Å². The first-order valence-corrected chi connectivity index (χ1v) is 8.78. The summed E-state index contributed by atoms with van der Waals surface area (Å²) in [6, 6.07) is 15.9. The topological polar surface area (TPSA) is 52.8 Å². The number of imidazole rings is 1. The second kappa shape index (κ2) is 7.11. The van der Waals surface area contributed by atoms with E-state index in [1.807, 2.05) is 72.2 Å². The Morgan fingerprint density at radius 2 is 1.93 bits per heavy atom. The fraction of sp³-hybridized carbons (Fsp3) is 0.182. The van der Waals surface area contributed by atoms with Gasteiger partial charge in [-0.15, -0.1) is 0 Å². The molecule has 0 spiro atoms. The number of rotatable bonds is 5. The number of pyridine rings is 1. The summed E-state index contributed by atoms with van der Waals surface area (Å²) in [5, 5.41) is 2.17. The fourth-order valence-electron chi connectivity index (χ4n) is 3.14. The maximum atomic E-state index is 12.2. The number of esters is 1. The van der Waals surface area contributed by atoms with Crippen molar-refractivity contribution in [2.24, 2.45) is 0 Å². The van der Waals surface area contributed by atoms with Crippen LogP contribution in [0.25, 0.3) is 16.4 Å². The third-order valence-electron chi connectivity index (χ3n) is 4.56. The lowest BCUT2D eigenvalue weighted by Crippen LogP contribution is -2.08. The molecule has 0 fully saturated rings. The Labute approximate surface area is 157 Å². The standard InChI is InChI=1S/C22H20N2O3/c1-15-4-3-9-24-13-19(23-22(15)24)12-21(25)27-14-16-5-6-18-11-20(26-2)8-7-17(18)10-16/h3-11,13H,12,14H2,1-2H3. The van der Waals surface area contributed by atoms with E-state index in [4.69, 9.17) is 9.47 Å². The normalized spacial score (nSPS) is 11.0. The number of fused-ring (bicyclic) bond motifs is 2. The van der Waals surface area contributed by atoms with E-state index in [-0.39, 0.29) is 19.0 Å². The van der Waals surface area contributed by atoms with Crippen molar-refractivity contribution in [1.29, 1.82) is 0 Å². The quantitative estimate of drug-likeness (QED) is 0.503. The predicted molar refractivity (Wildman–Crippen MR) is 104 cm³/mol. The molecule has 5 nitrogen and oxygen atoms in total. The number of carbonyl (C=O) groups is 1. The Kier molecular flexibility index (Phi) is 4.50. The first-order chi connectivity index (χ1) is 13.1. The lowest BCUT2D eigenvalue weighted by molar-refractivity contribution is -0.144. The van der Waals surface area contributed by atoms with Gasteiger partial charge < -0.3 is 13.9 Å². The summed E-state index contributed by atoms with van der Waals surface area (Å²) in [6.07, 6.45) is 3.95. The molecule has 2 aromatic carbocycles. The Hall–Kier alpha value is -3.34. The van der Waals surface area contributed by atoms with Crippen molar-refractivity contribution < 1.29 is 14.3 Å². The number of ether oxygens (including phenoxy) is 2. The number of methoxy groups -OCH3 is 1. The lowest BCUT2D eigenvalue weighted by atomic mass is 10.1. The van der Waals surface area contributed by atoms with Gasteiger partial charge in [0.2, 0.25) is 0 Å². The summed E-state index contributed by atoms with van der Waals surface area (Å²) >= 11 is 0. The van der Waals surface area contributed by atoms with Gasteiger partial charge in [-0.25, -0.2) is 4.98 Å². The number of hydrogen-bond acceptors (Lipinski definition) is 4. The zero-order valence-electron chi connectivity index (χ0n) is 15.3. The molecule has 0 amide bonds. The molecular formula is C22H20N2O3. The zero-order valence-corrected chi connectivity index (χ0v) is 15.3. The molecule has 2 aromatic heterocycles. The van der Waals surface area contributed by atoms with Crippen LogP contribution in [-0.2, 0) is 22.6 Å². The van der Waals surface area contributed by atoms with Gasteiger partial charge in [-0.3, -0.25) is 4.79 Å². The molecule has 0 atom stereocenters. The number of carbonyl (C=O) groups excluding carboxylic acids is 1. The SMILES string of the molecule is COc1ccc2cc(COC(=O)Cc3cn4cccc(C)c4n3)ccc2c1. The summed E-state index contributed by atoms with van der Waals surface area (Å²) in [4.78, 5) is 16.7. The molecule has 0 radical (unpaired) electrons. The third-order valence-corrected chi connectivity index (χ3v) is 4.56. The van der Waals surface area contributed by atoms with Crippen molar-refractivity contribution >= 4 is 22.4 Å². The van der Waals surface area contributed by atoms with Gasteiger partial charge in [0, 0.05) is 12.4 Å². The van der Waals surface area contributed by atoms with Crippen molar-refractivity contribution in [3.63, 3.8) is 0 Å². The highest BCUT2D eigenvalue weighted by molar-refractivity contribution is 5.84. The number of aromatic nitrogens is 2. The van der Waals surface area contributed by atoms with Crippen molar-refractivity contribution in [2.45, 2.75) is 20.0 Å². The smallest absolute Gasteiger partial charge is 0.312 e. The minimum absolute atomic E-state index is 0.159. The second-order valence-electron chi connectivity index (χ2n) is 6.54. The van der Waals surface area contributed by atoms with Crippen LogP contribution in [0.15, 0.2) is 60.9 Å². The van der Waals surface area contributed by atoms with Crippen molar-refractivity contribution in [2.75, 3.05) is 7.11 Å². The van der Waals surface area contributed by atoms with Gasteiger partial charge in [-0.2, -0.15) is 0 Å². The molecule has 0 saturated carbocycles. The van der Waals surface area contributed by atoms with Gasteiger partial charge in [-0.05, 0) is 53.1 Å². The minimum atomic E-state index is -0.286. The van der Waals surface area contributed by atoms with Crippen LogP contribution in [0, 0.1) is 6.92 Å². The Morgan fingerprint density at radius 1 is 1.11 bits per heavy atom. The molecular weight excluding hydrogens is 340 g/mol. The lowest BCUT2D eigenvalue weighted by Gasteiger charge is -2.07. The van der Waals surface area contributed by atoms with Gasteiger partial charge in [0.25, 0.3) is 0 Å². The molecule has 4 rings (SSSR count). The Bertz CT molecular complexity index is 1130. The van der Waals surface area contributed by atoms with E-state index in [1.165, 1.54) is 0 Å². The second-order valence-corrected chi connectivity index (χ2v) is 6.54. The molecule has 0 N–H and O–H groups in total. The average Bonchev–Trinajstić information content (AvgIpc) is 3.09. The minimum Gasteiger partial charge on any atom is -0.497 e. The van der Waals surface area contributed by atoms with Crippen LogP contribution in [0.2, 0.25) is 0 Å². The van der Waals surface area contributed by atoms with E-state index in [9.17, 15) is 4.79 Å². The van der Waals surface area contributed by atoms with Crippen LogP contribution >= 0.6 is 0 Å². The number of benzene rings is 2. The largest absolute Gasteiger partial charge is 0.497 e. The molecule has 5 heteroatoms. The molecule has 0 aliphatic carbocycles. The van der Waals surface area contributed by atoms with E-state index >= 15 is 0 Å². The van der Waals surface area contributed by atoms with Crippen LogP contribution in [-0.4, -0.2) is 22.5 Å². The van der Waals surface area contributed by atoms with Gasteiger partial charge in [-0.1, -0.05) is 24.3 Å².